The summed E-state index contributed by atoms with van der Waals surface area (Å²) in [5.74, 6) is 3.61. The van der Waals surface area contributed by atoms with Crippen molar-refractivity contribution in [1.82, 2.24) is 39.9 Å². The molecule has 0 radical (unpaired) electrons. The van der Waals surface area contributed by atoms with Crippen molar-refractivity contribution < 1.29 is 8.83 Å². The molecule has 0 aliphatic rings. The number of pyridine rings is 2. The van der Waals surface area contributed by atoms with Crippen molar-refractivity contribution in [3.05, 3.63) is 340 Å². The lowest BCUT2D eigenvalue weighted by molar-refractivity contribution is 0.670. The van der Waals surface area contributed by atoms with Gasteiger partial charge in [0.05, 0.1) is 0 Å². The molecule has 476 valence electrons. The van der Waals surface area contributed by atoms with E-state index in [0.717, 1.165) is 143 Å². The summed E-state index contributed by atoms with van der Waals surface area (Å²) in [6, 6.07) is 109. The van der Waals surface area contributed by atoms with Gasteiger partial charge in [-0.2, -0.15) is 0 Å². The molecule has 0 aliphatic carbocycles. The molecule has 0 bridgehead atoms. The number of furan rings is 2. The zero-order chi connectivity index (χ0) is 67.5. The van der Waals surface area contributed by atoms with E-state index in [1.807, 2.05) is 110 Å². The van der Waals surface area contributed by atoms with Gasteiger partial charge in [-0.1, -0.05) is 243 Å². The largest absolute Gasteiger partial charge is 0.455 e. The van der Waals surface area contributed by atoms with E-state index in [2.05, 4.69) is 240 Å². The minimum absolute atomic E-state index is 0.581. The molecule has 0 spiro atoms. The quantitative estimate of drug-likeness (QED) is 0.130. The van der Waals surface area contributed by atoms with Gasteiger partial charge in [0.25, 0.3) is 0 Å². The first-order valence-corrected chi connectivity index (χ1v) is 33.9. The van der Waals surface area contributed by atoms with Crippen molar-refractivity contribution >= 4 is 87.0 Å². The fourth-order valence-corrected chi connectivity index (χ4v) is 14.0. The van der Waals surface area contributed by atoms with Gasteiger partial charge in [0.15, 0.2) is 34.9 Å². The van der Waals surface area contributed by atoms with Crippen LogP contribution in [0.2, 0.25) is 0 Å². The molecule has 10 nitrogen and oxygen atoms in total. The molecule has 14 aromatic carbocycles. The number of nitrogens with zero attached hydrogens (tertiary/aromatic N) is 8. The van der Waals surface area contributed by atoms with Crippen LogP contribution in [0.25, 0.3) is 200 Å². The molecule has 6 heterocycles. The molecule has 0 atom stereocenters. The maximum absolute atomic E-state index is 6.81. The molecular formula is C92H56N8O2. The van der Waals surface area contributed by atoms with E-state index in [-0.39, 0.29) is 0 Å². The van der Waals surface area contributed by atoms with E-state index in [9.17, 15) is 0 Å². The Morgan fingerprint density at radius 1 is 0.196 bits per heavy atom. The molecule has 0 unspecified atom stereocenters. The van der Waals surface area contributed by atoms with Crippen LogP contribution in [0.3, 0.4) is 0 Å². The molecule has 20 rings (SSSR count). The van der Waals surface area contributed by atoms with Crippen LogP contribution in [0, 0.1) is 0 Å². The summed E-state index contributed by atoms with van der Waals surface area (Å²) in [6.45, 7) is 0. The normalized spacial score (nSPS) is 11.5. The van der Waals surface area contributed by atoms with Gasteiger partial charge in [-0.05, 0) is 138 Å². The topological polar surface area (TPSA) is 129 Å². The van der Waals surface area contributed by atoms with Crippen LogP contribution in [-0.2, 0) is 0 Å². The van der Waals surface area contributed by atoms with E-state index in [1.165, 1.54) is 21.9 Å². The first-order valence-electron chi connectivity index (χ1n) is 33.9. The van der Waals surface area contributed by atoms with Gasteiger partial charge in [0.2, 0.25) is 0 Å². The number of aromatic nitrogens is 8. The minimum Gasteiger partial charge on any atom is -0.455 e. The second-order valence-corrected chi connectivity index (χ2v) is 25.4. The third-order valence-corrected chi connectivity index (χ3v) is 19.2. The van der Waals surface area contributed by atoms with Crippen molar-refractivity contribution in [2.45, 2.75) is 0 Å². The number of benzene rings is 14. The first-order chi connectivity index (χ1) is 50.5. The van der Waals surface area contributed by atoms with E-state index in [4.69, 9.17) is 38.7 Å². The van der Waals surface area contributed by atoms with Crippen LogP contribution in [0.15, 0.2) is 349 Å². The van der Waals surface area contributed by atoms with Crippen molar-refractivity contribution in [1.29, 1.82) is 0 Å². The summed E-state index contributed by atoms with van der Waals surface area (Å²) >= 11 is 0. The highest BCUT2D eigenvalue weighted by molar-refractivity contribution is 6.20. The molecule has 0 saturated carbocycles. The highest BCUT2D eigenvalue weighted by Gasteiger charge is 2.25. The Balaban J connectivity index is 0.000000141. The number of hydrogen-bond acceptors (Lipinski definition) is 10. The Hall–Kier alpha value is -14.0. The molecule has 0 N–H and O–H groups in total. The van der Waals surface area contributed by atoms with Crippen molar-refractivity contribution in [2.75, 3.05) is 0 Å². The van der Waals surface area contributed by atoms with Gasteiger partial charge in [-0.3, -0.25) is 9.97 Å². The predicted octanol–water partition coefficient (Wildman–Crippen LogP) is 23.6. The lowest BCUT2D eigenvalue weighted by Gasteiger charge is -2.11. The molecule has 102 heavy (non-hydrogen) atoms. The summed E-state index contributed by atoms with van der Waals surface area (Å²) in [4.78, 5) is 39.4. The molecule has 0 aliphatic heterocycles. The smallest absolute Gasteiger partial charge is 0.164 e. The lowest BCUT2D eigenvalue weighted by Crippen LogP contribution is -2.00. The van der Waals surface area contributed by atoms with E-state index >= 15 is 0 Å². The highest BCUT2D eigenvalue weighted by Crippen LogP contribution is 2.46. The van der Waals surface area contributed by atoms with Gasteiger partial charge in [0.1, 0.15) is 22.3 Å². The van der Waals surface area contributed by atoms with Crippen molar-refractivity contribution in [2.24, 2.45) is 0 Å². The molecule has 0 saturated heterocycles. The van der Waals surface area contributed by atoms with Crippen LogP contribution >= 0.6 is 0 Å². The van der Waals surface area contributed by atoms with Crippen molar-refractivity contribution in [3.63, 3.8) is 0 Å². The Bertz CT molecular complexity index is 6200. The van der Waals surface area contributed by atoms with E-state index < -0.39 is 0 Å². The van der Waals surface area contributed by atoms with E-state index in [1.54, 1.807) is 0 Å². The highest BCUT2D eigenvalue weighted by atomic mass is 16.3. The fourth-order valence-electron chi connectivity index (χ4n) is 14.0. The maximum atomic E-state index is 6.81. The zero-order valence-electron chi connectivity index (χ0n) is 54.7. The summed E-state index contributed by atoms with van der Waals surface area (Å²) in [5.41, 5.74) is 17.4. The van der Waals surface area contributed by atoms with Crippen LogP contribution in [0.1, 0.15) is 0 Å². The number of fused-ring (bicyclic) bond motifs is 10. The van der Waals surface area contributed by atoms with Crippen LogP contribution < -0.4 is 0 Å². The second-order valence-electron chi connectivity index (χ2n) is 25.4. The van der Waals surface area contributed by atoms with Crippen LogP contribution in [-0.4, -0.2) is 39.9 Å². The van der Waals surface area contributed by atoms with Crippen LogP contribution in [0.5, 0.6) is 0 Å². The second kappa shape index (κ2) is 25.2. The van der Waals surface area contributed by atoms with Gasteiger partial charge in [-0.15, -0.1) is 0 Å². The van der Waals surface area contributed by atoms with Gasteiger partial charge in [-0.25, -0.2) is 29.9 Å². The Kier molecular flexibility index (Phi) is 14.6. The SMILES string of the molecule is c1ccc(-c2ccc(-c3ccc(-c4nc(-c5ccccc5)nc(-c5ccc6ccccc6c5)n4)c4c3oc3cc5ccncc5cc34)cc2)cc1.c1ccc(-c2ccc(-c3ccc(-c4nc(-c5ccccc5)nc(-c5ccc6ccccc6c5)n4)c4c3oc3cc5cnccc5cc34)cc2)cc1. The summed E-state index contributed by atoms with van der Waals surface area (Å²) in [7, 11) is 0. The average molecular weight is 1310 g/mol. The number of rotatable bonds is 10. The summed E-state index contributed by atoms with van der Waals surface area (Å²) in [6.07, 6.45) is 7.41. The third-order valence-electron chi connectivity index (χ3n) is 19.2. The van der Waals surface area contributed by atoms with Gasteiger partial charge < -0.3 is 8.83 Å². The lowest BCUT2D eigenvalue weighted by atomic mass is 9.96. The Morgan fingerprint density at radius 3 is 0.941 bits per heavy atom. The van der Waals surface area contributed by atoms with E-state index in [0.29, 0.717) is 34.9 Å². The predicted molar refractivity (Wildman–Crippen MR) is 414 cm³/mol. The minimum atomic E-state index is 0.581. The average Bonchev–Trinajstić information content (AvgIpc) is 1.57. The Labute approximate surface area is 585 Å². The van der Waals surface area contributed by atoms with Crippen LogP contribution in [0.4, 0.5) is 0 Å². The zero-order valence-corrected chi connectivity index (χ0v) is 54.7. The molecule has 0 amide bonds. The van der Waals surface area contributed by atoms with Crippen molar-refractivity contribution in [3.8, 4) is 113 Å². The molecular weight excluding hydrogens is 1250 g/mol. The Morgan fingerprint density at radius 2 is 0.500 bits per heavy atom. The molecule has 6 aromatic heterocycles. The number of hydrogen-bond donors (Lipinski definition) is 0. The van der Waals surface area contributed by atoms with Gasteiger partial charge in [0, 0.05) is 102 Å². The van der Waals surface area contributed by atoms with Gasteiger partial charge >= 0.3 is 0 Å². The fraction of sp³-hybridized carbons (Fsp3) is 0. The molecule has 10 heteroatoms. The summed E-state index contributed by atoms with van der Waals surface area (Å²) < 4.78 is 13.6. The summed E-state index contributed by atoms with van der Waals surface area (Å²) in [5, 5.41) is 12.7. The molecule has 0 fully saturated rings. The maximum Gasteiger partial charge on any atom is 0.164 e. The monoisotopic (exact) mass is 1300 g/mol. The third kappa shape index (κ3) is 11.0. The standard InChI is InChI=1S/2C46H28N4O/c1-3-9-29(10-4-1)31-15-18-32(19-16-31)38-21-22-39(42-40-26-37-28-47-24-23-35(37)27-41(40)51-43(38)42)46-49-44(33-12-5-2-6-13-33)48-45(50-46)36-20-17-30-11-7-8-14-34(30)25-36;1-3-9-29(10-4-1)31-15-18-32(19-16-31)38-21-22-39(42-40-26-35-23-24-47-28-37(35)27-41(40)51-43(38)42)46-49-44(33-12-5-2-6-13-33)48-45(50-46)36-20-17-30-11-7-8-14-34(30)25-36/h2*1-28H. The first kappa shape index (κ1) is 59.3. The molecule has 20 aromatic rings.